The summed E-state index contributed by atoms with van der Waals surface area (Å²) in [5.41, 5.74) is 0.568. The molecule has 5 nitrogen and oxygen atoms in total. The zero-order chi connectivity index (χ0) is 16.3. The molecule has 4 saturated carbocycles. The standard InChI is InChI=1S/C20H15N3O2/c24-17-21(10-6-2-1-3-7-10)18(25)23-16-13-11-12(13)15(22(17)23)19-8-4-5-9-20(16,19)14(11)19/h1-9,11-16H/t11?,12-,13+,14?,15-,16-,19+,20+/m0/s1. The van der Waals surface area contributed by atoms with Crippen molar-refractivity contribution in [1.29, 1.82) is 0 Å². The highest BCUT2D eigenvalue weighted by molar-refractivity contribution is 5.57. The lowest BCUT2D eigenvalue weighted by Crippen LogP contribution is -2.52. The van der Waals surface area contributed by atoms with Gasteiger partial charge in [0.05, 0.1) is 17.8 Å². The summed E-state index contributed by atoms with van der Waals surface area (Å²) in [4.78, 5) is 26.6. The fourth-order valence-corrected chi connectivity index (χ4v) is 8.05. The zero-order valence-electron chi connectivity index (χ0n) is 13.3. The molecule has 0 N–H and O–H groups in total. The molecule has 0 amide bonds. The van der Waals surface area contributed by atoms with E-state index < -0.39 is 0 Å². The van der Waals surface area contributed by atoms with Crippen LogP contribution < -0.4 is 11.4 Å². The van der Waals surface area contributed by atoms with Crippen molar-refractivity contribution in [3.8, 4) is 5.69 Å². The van der Waals surface area contributed by atoms with Crippen LogP contribution >= 0.6 is 0 Å². The van der Waals surface area contributed by atoms with Crippen molar-refractivity contribution in [2.24, 2.45) is 34.5 Å². The predicted octanol–water partition coefficient (Wildman–Crippen LogP) is 1.51. The molecule has 4 fully saturated rings. The molecule has 2 aliphatic heterocycles. The summed E-state index contributed by atoms with van der Waals surface area (Å²) in [5.74, 6) is 2.59. The van der Waals surface area contributed by atoms with E-state index in [1.807, 2.05) is 39.7 Å². The van der Waals surface area contributed by atoms with Gasteiger partial charge in [-0.15, -0.1) is 0 Å². The lowest BCUT2D eigenvalue weighted by atomic mass is 9.69. The van der Waals surface area contributed by atoms with Crippen molar-refractivity contribution in [1.82, 2.24) is 13.9 Å². The average Bonchev–Trinajstić information content (AvgIpc) is 3.41. The Kier molecular flexibility index (Phi) is 1.44. The quantitative estimate of drug-likeness (QED) is 0.796. The van der Waals surface area contributed by atoms with Crippen LogP contribution in [0.4, 0.5) is 0 Å². The van der Waals surface area contributed by atoms with Crippen molar-refractivity contribution in [2.45, 2.75) is 12.1 Å². The smallest absolute Gasteiger partial charge is 0.245 e. The zero-order valence-corrected chi connectivity index (χ0v) is 13.3. The molecule has 1 aromatic carbocycles. The third kappa shape index (κ3) is 0.819. The van der Waals surface area contributed by atoms with Crippen LogP contribution in [0.1, 0.15) is 12.1 Å². The SMILES string of the molecule is O=c1n(-c2ccccc2)c(=O)n2n1[C@H]1[C@@H]3C4C5[C@]16C=CC=C[C@]56[C@@H]2[C@@H]43. The van der Waals surface area contributed by atoms with Crippen molar-refractivity contribution in [2.75, 3.05) is 0 Å². The fourth-order valence-electron chi connectivity index (χ4n) is 8.05. The number of aromatic nitrogens is 3. The molecule has 2 aromatic rings. The number of para-hydroxylation sites is 1. The summed E-state index contributed by atoms with van der Waals surface area (Å²) in [5, 5.41) is 0. The van der Waals surface area contributed by atoms with Gasteiger partial charge in [-0.1, -0.05) is 42.5 Å². The van der Waals surface area contributed by atoms with Crippen LogP contribution in [0.15, 0.2) is 64.2 Å². The number of hydrogen-bond donors (Lipinski definition) is 0. The molecule has 5 aliphatic carbocycles. The first-order valence-electron chi connectivity index (χ1n) is 9.14. The minimum Gasteiger partial charge on any atom is -0.245 e. The van der Waals surface area contributed by atoms with E-state index >= 15 is 0 Å². The van der Waals surface area contributed by atoms with Crippen molar-refractivity contribution < 1.29 is 0 Å². The molecular weight excluding hydrogens is 314 g/mol. The van der Waals surface area contributed by atoms with Crippen LogP contribution in [0.5, 0.6) is 0 Å². The van der Waals surface area contributed by atoms with Crippen molar-refractivity contribution in [3.05, 3.63) is 75.6 Å². The molecule has 0 saturated heterocycles. The molecule has 2 bridgehead atoms. The second kappa shape index (κ2) is 3.02. The maximum atomic E-state index is 13.3. The molecule has 9 rings (SSSR count). The summed E-state index contributed by atoms with van der Waals surface area (Å²) >= 11 is 0. The second-order valence-electron chi connectivity index (χ2n) is 8.61. The van der Waals surface area contributed by atoms with Gasteiger partial charge in [0, 0.05) is 10.8 Å². The van der Waals surface area contributed by atoms with Crippen LogP contribution in [0.3, 0.4) is 0 Å². The summed E-state index contributed by atoms with van der Waals surface area (Å²) < 4.78 is 5.06. The van der Waals surface area contributed by atoms with Gasteiger partial charge in [0.1, 0.15) is 0 Å². The molecule has 0 radical (unpaired) electrons. The summed E-state index contributed by atoms with van der Waals surface area (Å²) in [6.45, 7) is 0. The highest BCUT2D eigenvalue weighted by atomic mass is 16.2. The Bertz CT molecular complexity index is 1130. The van der Waals surface area contributed by atoms with Crippen molar-refractivity contribution in [3.63, 3.8) is 0 Å². The highest BCUT2D eigenvalue weighted by Gasteiger charge is 3.02. The third-order valence-electron chi connectivity index (χ3n) is 8.38. The molecule has 5 heteroatoms. The summed E-state index contributed by atoms with van der Waals surface area (Å²) in [6.07, 6.45) is 9.02. The van der Waals surface area contributed by atoms with Gasteiger partial charge in [-0.2, -0.15) is 0 Å². The Hall–Kier alpha value is -2.56. The van der Waals surface area contributed by atoms with E-state index in [1.54, 1.807) is 0 Å². The van der Waals surface area contributed by atoms with E-state index in [0.717, 1.165) is 5.92 Å². The summed E-state index contributed by atoms with van der Waals surface area (Å²) in [7, 11) is 0. The molecule has 2 spiro atoms. The number of hydrogen-bond acceptors (Lipinski definition) is 2. The van der Waals surface area contributed by atoms with E-state index in [1.165, 1.54) is 4.57 Å². The van der Waals surface area contributed by atoms with Crippen LogP contribution in [0, 0.1) is 34.5 Å². The largest absolute Gasteiger partial charge is 0.352 e. The molecule has 2 unspecified atom stereocenters. The van der Waals surface area contributed by atoms with E-state index in [9.17, 15) is 9.59 Å². The average molecular weight is 329 g/mol. The van der Waals surface area contributed by atoms with E-state index in [2.05, 4.69) is 24.3 Å². The third-order valence-corrected chi connectivity index (χ3v) is 8.38. The fraction of sp³-hybridized carbons (Fsp3) is 0.400. The Labute approximate surface area is 142 Å². The highest BCUT2D eigenvalue weighted by Crippen LogP contribution is 3.03. The molecule has 3 heterocycles. The van der Waals surface area contributed by atoms with Gasteiger partial charge < -0.3 is 0 Å². The molecule has 8 atom stereocenters. The Morgan fingerprint density at radius 2 is 1.32 bits per heavy atom. The van der Waals surface area contributed by atoms with Crippen LogP contribution in [0.25, 0.3) is 5.69 Å². The normalized spacial score (nSPS) is 49.9. The van der Waals surface area contributed by atoms with Crippen LogP contribution in [0.2, 0.25) is 0 Å². The maximum absolute atomic E-state index is 13.3. The molecule has 7 aliphatic rings. The Morgan fingerprint density at radius 1 is 0.760 bits per heavy atom. The lowest BCUT2D eigenvalue weighted by Gasteiger charge is -2.47. The van der Waals surface area contributed by atoms with Gasteiger partial charge in [0.15, 0.2) is 0 Å². The number of nitrogens with zero attached hydrogens (tertiary/aromatic N) is 3. The minimum atomic E-state index is -0.159. The van der Waals surface area contributed by atoms with Gasteiger partial charge >= 0.3 is 11.4 Å². The number of benzene rings is 1. The van der Waals surface area contributed by atoms with Gasteiger partial charge in [0.2, 0.25) is 0 Å². The maximum Gasteiger partial charge on any atom is 0.352 e. The first-order chi connectivity index (χ1) is 12.2. The van der Waals surface area contributed by atoms with Gasteiger partial charge in [-0.25, -0.2) is 23.5 Å². The molecular formula is C20H15N3O2. The molecule has 1 aromatic heterocycles. The van der Waals surface area contributed by atoms with E-state index in [-0.39, 0.29) is 34.3 Å². The number of rotatable bonds is 1. The molecule has 25 heavy (non-hydrogen) atoms. The minimum absolute atomic E-state index is 0.107. The Balaban J connectivity index is 1.50. The van der Waals surface area contributed by atoms with Crippen LogP contribution in [-0.2, 0) is 0 Å². The van der Waals surface area contributed by atoms with Crippen LogP contribution in [-0.4, -0.2) is 13.9 Å². The predicted molar refractivity (Wildman–Crippen MR) is 89.5 cm³/mol. The second-order valence-corrected chi connectivity index (χ2v) is 8.61. The van der Waals surface area contributed by atoms with Gasteiger partial charge in [-0.05, 0) is 35.8 Å². The first-order valence-corrected chi connectivity index (χ1v) is 9.14. The molecule has 122 valence electrons. The number of allylic oxidation sites excluding steroid dienone is 4. The lowest BCUT2D eigenvalue weighted by molar-refractivity contribution is 0.0445. The van der Waals surface area contributed by atoms with E-state index in [0.29, 0.717) is 23.4 Å². The van der Waals surface area contributed by atoms with Crippen molar-refractivity contribution >= 4 is 0 Å². The first kappa shape index (κ1) is 11.9. The topological polar surface area (TPSA) is 48.9 Å². The monoisotopic (exact) mass is 329 g/mol. The van der Waals surface area contributed by atoms with E-state index in [4.69, 9.17) is 0 Å². The van der Waals surface area contributed by atoms with Gasteiger partial charge in [-0.3, -0.25) is 0 Å². The Morgan fingerprint density at radius 3 is 1.88 bits per heavy atom. The van der Waals surface area contributed by atoms with Gasteiger partial charge in [0.25, 0.3) is 0 Å². The summed E-state index contributed by atoms with van der Waals surface area (Å²) in [6, 6.07) is 9.67.